The fourth-order valence-corrected chi connectivity index (χ4v) is 23.7. The van der Waals surface area contributed by atoms with Crippen LogP contribution in [0.4, 0.5) is 0 Å². The van der Waals surface area contributed by atoms with Crippen molar-refractivity contribution >= 4 is 179 Å². The van der Waals surface area contributed by atoms with E-state index in [2.05, 4.69) is 503 Å². The fourth-order valence-electron chi connectivity index (χ4n) is 12.7. The van der Waals surface area contributed by atoms with Crippen LogP contribution in [-0.4, -0.2) is 17.2 Å². The molecule has 18 rings (SSSR count). The second kappa shape index (κ2) is 47.5. The zero-order valence-electron chi connectivity index (χ0n) is 63.0. The van der Waals surface area contributed by atoms with E-state index in [0.717, 1.165) is 20.1 Å². The standard InChI is InChI=1S/4C18H15P.C16H11Br.C10H8BO2.C6H4BrI.Pd/c4*1-4-10-16(11-5-1)19(17-12-6-2-7-13-17)18-14-8-3-9-15-18;17-14-8-3-7-13(11-14)16-10-4-6-12-5-1-2-9-15(12)16;12-11(13)10-7-3-5-8-4-1-2-6-9(8)10;7-5-2-1-3-6(8)4-5;/h4*1-15H;1-11H;1-6,12-13H;1-4H;/q;;;;;+1;;. The van der Waals surface area contributed by atoms with Crippen LogP contribution in [-0.2, 0) is 20.4 Å². The molecule has 17 aromatic rings. The number of hydrogen-bond acceptors (Lipinski definition) is 2. The summed E-state index contributed by atoms with van der Waals surface area (Å²) in [6.07, 6.45) is 6.39. The molecule has 0 bridgehead atoms. The molecule has 17 aromatic carbocycles. The Labute approximate surface area is 728 Å². The Bertz CT molecular complexity index is 4820. The quantitative estimate of drug-likeness (QED) is 0.0493. The summed E-state index contributed by atoms with van der Waals surface area (Å²) in [5.41, 5.74) is 4.78. The van der Waals surface area contributed by atoms with Crippen molar-refractivity contribution in [1.29, 1.82) is 0 Å². The van der Waals surface area contributed by atoms with Gasteiger partial charge in [-0.25, -0.2) is 0 Å². The third-order valence-corrected chi connectivity index (χ3v) is 29.3. The largest absolute Gasteiger partial charge is 0.527 e. The number of allylic oxidation sites excluding steroid dienone is 2. The molecule has 0 aliphatic heterocycles. The summed E-state index contributed by atoms with van der Waals surface area (Å²) in [4.78, 5) is 0. The Morgan fingerprint density at radius 1 is 0.252 bits per heavy atom. The molecule has 0 saturated heterocycles. The minimum atomic E-state index is -1.45. The molecular formula is C104H83BBr2IO2P4Pd+. The molecule has 11 heteroatoms. The van der Waals surface area contributed by atoms with Gasteiger partial charge in [0.25, 0.3) is 0 Å². The molecule has 0 radical (unpaired) electrons. The van der Waals surface area contributed by atoms with Crippen molar-refractivity contribution in [2.24, 2.45) is 0 Å². The van der Waals surface area contributed by atoms with Gasteiger partial charge in [0, 0.05) is 45.1 Å². The summed E-state index contributed by atoms with van der Waals surface area (Å²) in [7, 11) is -3.24. The zero-order valence-corrected chi connectivity index (χ0v) is 73.4. The van der Waals surface area contributed by atoms with Gasteiger partial charge in [0.1, 0.15) is 6.08 Å². The third-order valence-electron chi connectivity index (χ3n) is 17.9. The van der Waals surface area contributed by atoms with Gasteiger partial charge in [-0.1, -0.05) is 463 Å². The first-order valence-corrected chi connectivity index (χ1v) is 45.5. The van der Waals surface area contributed by atoms with Crippen LogP contribution < -0.4 is 63.7 Å². The molecular weight excluding hydrogens is 1810 g/mol. The minimum Gasteiger partial charge on any atom is -0.421 e. The van der Waals surface area contributed by atoms with E-state index in [0.29, 0.717) is 5.47 Å². The van der Waals surface area contributed by atoms with Gasteiger partial charge in [0.05, 0.1) is 17.2 Å². The first-order valence-electron chi connectivity index (χ1n) is 37.4. The van der Waals surface area contributed by atoms with Gasteiger partial charge in [-0.3, -0.25) is 0 Å². The smallest absolute Gasteiger partial charge is 0.421 e. The first-order chi connectivity index (χ1) is 56.2. The van der Waals surface area contributed by atoms with E-state index < -0.39 is 38.8 Å². The van der Waals surface area contributed by atoms with Crippen molar-refractivity contribution in [3.63, 3.8) is 0 Å². The topological polar surface area (TPSA) is 40.5 Å². The van der Waals surface area contributed by atoms with E-state index in [-0.39, 0.29) is 20.4 Å². The van der Waals surface area contributed by atoms with Crippen LogP contribution in [0, 0.1) is 9.65 Å². The summed E-state index contributed by atoms with van der Waals surface area (Å²) in [6, 6.07) is 168. The summed E-state index contributed by atoms with van der Waals surface area (Å²) in [5, 5.41) is 37.5. The average molecular weight is 1890 g/mol. The maximum absolute atomic E-state index is 9.05. The molecule has 0 fully saturated rings. The molecule has 1 aliphatic rings. The second-order valence-electron chi connectivity index (χ2n) is 25.7. The Hall–Kier alpha value is -9.55. The molecule has 0 aromatic heterocycles. The van der Waals surface area contributed by atoms with Crippen LogP contribution >= 0.6 is 86.1 Å². The number of halogens is 3. The molecule has 0 unspecified atom stereocenters. The molecule has 0 heterocycles. The molecule has 115 heavy (non-hydrogen) atoms. The SMILES string of the molecule is Brc1cccc(-c2cccc3ccccc23)c1.Brc1cccc(I)c1.OB(O)C1=[C+]C=Cc2ccccc21.[Pd].c1ccc(P(c2ccccc2)c2ccccc2)cc1.c1ccc(P(c2ccccc2)c2ccccc2)cc1.c1ccc(P(c2ccccc2)c2ccccc2)cc1.c1ccc(P(c2ccccc2)c2ccccc2)cc1. The second-order valence-corrected chi connectivity index (χ2v) is 37.7. The summed E-state index contributed by atoms with van der Waals surface area (Å²) in [6.45, 7) is 0. The Balaban J connectivity index is 0.000000133. The van der Waals surface area contributed by atoms with Crippen molar-refractivity contribution in [2.45, 2.75) is 0 Å². The van der Waals surface area contributed by atoms with E-state index in [4.69, 9.17) is 10.0 Å². The van der Waals surface area contributed by atoms with Crippen LogP contribution in [0.15, 0.2) is 494 Å². The number of benzene rings is 17. The fraction of sp³-hybridized carbons (Fsp3) is 0. The molecule has 1 aliphatic carbocycles. The maximum atomic E-state index is 9.05. The van der Waals surface area contributed by atoms with Crippen LogP contribution in [0.3, 0.4) is 0 Å². The van der Waals surface area contributed by atoms with Crippen molar-refractivity contribution in [1.82, 2.24) is 0 Å². The van der Waals surface area contributed by atoms with Crippen molar-refractivity contribution in [3.8, 4) is 11.1 Å². The van der Waals surface area contributed by atoms with Gasteiger partial charge >= 0.3 is 7.12 Å². The Morgan fingerprint density at radius 2 is 0.496 bits per heavy atom. The van der Waals surface area contributed by atoms with E-state index in [1.54, 1.807) is 6.08 Å². The van der Waals surface area contributed by atoms with E-state index in [1.165, 1.54) is 89.1 Å². The number of hydrogen-bond donors (Lipinski definition) is 2. The van der Waals surface area contributed by atoms with Gasteiger partial charge in [-0.2, -0.15) is 0 Å². The molecule has 2 N–H and O–H groups in total. The summed E-state index contributed by atoms with van der Waals surface area (Å²) in [5.74, 6) is 0. The first kappa shape index (κ1) is 86.3. The van der Waals surface area contributed by atoms with Crippen molar-refractivity contribution in [3.05, 3.63) is 515 Å². The third kappa shape index (κ3) is 26.2. The number of rotatable bonds is 14. The van der Waals surface area contributed by atoms with Crippen molar-refractivity contribution in [2.75, 3.05) is 0 Å². The van der Waals surface area contributed by atoms with Gasteiger partial charge in [-0.15, -0.1) is 0 Å². The normalized spacial score (nSPS) is 10.7. The predicted molar refractivity (Wildman–Crippen MR) is 517 cm³/mol. The van der Waals surface area contributed by atoms with Crippen molar-refractivity contribution < 1.29 is 30.5 Å². The average Bonchev–Trinajstić information content (AvgIpc) is 0.564. The molecule has 0 saturated carbocycles. The van der Waals surface area contributed by atoms with Crippen LogP contribution in [0.2, 0.25) is 0 Å². The van der Waals surface area contributed by atoms with E-state index in [1.807, 2.05) is 42.5 Å². The zero-order chi connectivity index (χ0) is 78.6. The van der Waals surface area contributed by atoms with Gasteiger partial charge in [0.2, 0.25) is 0 Å². The molecule has 0 amide bonds. The summed E-state index contributed by atoms with van der Waals surface area (Å²) < 4.78 is 3.52. The predicted octanol–water partition coefficient (Wildman–Crippen LogP) is 23.0. The van der Waals surface area contributed by atoms with Gasteiger partial charge in [0.15, 0.2) is 5.47 Å². The summed E-state index contributed by atoms with van der Waals surface area (Å²) >= 11 is 9.16. The van der Waals surface area contributed by atoms with E-state index in [9.17, 15) is 0 Å². The molecule has 2 nitrogen and oxygen atoms in total. The van der Waals surface area contributed by atoms with Crippen LogP contribution in [0.5, 0.6) is 0 Å². The van der Waals surface area contributed by atoms with Gasteiger partial charge in [-0.05, 0) is 182 Å². The maximum Gasteiger partial charge on any atom is 0.527 e. The minimum absolute atomic E-state index is 0. The molecule has 0 atom stereocenters. The monoisotopic (exact) mass is 1890 g/mol. The Morgan fingerprint density at radius 3 is 0.774 bits per heavy atom. The number of fused-ring (bicyclic) bond motifs is 2. The molecule has 0 spiro atoms. The van der Waals surface area contributed by atoms with Crippen LogP contribution in [0.25, 0.3) is 33.4 Å². The Kier molecular flexibility index (Phi) is 35.6. The molecule has 564 valence electrons. The van der Waals surface area contributed by atoms with Crippen LogP contribution in [0.1, 0.15) is 11.1 Å². The van der Waals surface area contributed by atoms with Gasteiger partial charge < -0.3 is 10.0 Å². The van der Waals surface area contributed by atoms with E-state index >= 15 is 0 Å².